The molecule has 2 aromatic rings. The number of carbonyl (C=O) groups excluding carboxylic acids is 1. The van der Waals surface area contributed by atoms with Crippen molar-refractivity contribution in [2.24, 2.45) is 5.73 Å². The summed E-state index contributed by atoms with van der Waals surface area (Å²) in [5, 5.41) is 29.7. The van der Waals surface area contributed by atoms with Gasteiger partial charge in [-0.1, -0.05) is 23.7 Å². The Labute approximate surface area is 135 Å². The van der Waals surface area contributed by atoms with Gasteiger partial charge in [-0.2, -0.15) is 5.26 Å². The van der Waals surface area contributed by atoms with Gasteiger partial charge in [0.05, 0.1) is 27.9 Å². The van der Waals surface area contributed by atoms with Gasteiger partial charge < -0.3 is 10.8 Å². The van der Waals surface area contributed by atoms with E-state index in [0.717, 1.165) is 17.0 Å². The lowest BCUT2D eigenvalue weighted by molar-refractivity contribution is -0.384. The van der Waals surface area contributed by atoms with Crippen LogP contribution in [0.1, 0.15) is 5.56 Å². The first kappa shape index (κ1) is 16.1. The van der Waals surface area contributed by atoms with E-state index in [1.165, 1.54) is 12.1 Å². The maximum Gasteiger partial charge on any atom is 0.324 e. The average Bonchev–Trinajstić information content (AvgIpc) is 2.50. The molecule has 0 fully saturated rings. The second kappa shape index (κ2) is 6.21. The van der Waals surface area contributed by atoms with Crippen LogP contribution in [0.3, 0.4) is 0 Å². The topological polar surface area (TPSA) is 133 Å². The van der Waals surface area contributed by atoms with Gasteiger partial charge in [0.25, 0.3) is 5.69 Å². The first-order chi connectivity index (χ1) is 10.9. The van der Waals surface area contributed by atoms with Crippen LogP contribution in [-0.4, -0.2) is 16.1 Å². The predicted octanol–water partition coefficient (Wildman–Crippen LogP) is 3.04. The van der Waals surface area contributed by atoms with Crippen molar-refractivity contribution in [3.63, 3.8) is 0 Å². The quantitative estimate of drug-likeness (QED) is 0.658. The fraction of sp³-hybridized carbons (Fsp3) is 0. The molecule has 0 unspecified atom stereocenters. The molecule has 0 atom stereocenters. The highest BCUT2D eigenvalue weighted by Crippen LogP contribution is 2.40. The number of halogens is 1. The van der Waals surface area contributed by atoms with Crippen LogP contribution in [0.25, 0.3) is 0 Å². The zero-order valence-electron chi connectivity index (χ0n) is 11.4. The van der Waals surface area contributed by atoms with Crippen molar-refractivity contribution in [2.45, 2.75) is 0 Å². The summed E-state index contributed by atoms with van der Waals surface area (Å²) in [5.41, 5.74) is 4.88. The van der Waals surface area contributed by atoms with Crippen molar-refractivity contribution in [3.8, 4) is 11.8 Å². The normalized spacial score (nSPS) is 9.91. The highest BCUT2D eigenvalue weighted by atomic mass is 35.5. The molecule has 0 saturated heterocycles. The van der Waals surface area contributed by atoms with E-state index >= 15 is 0 Å². The Bertz CT molecular complexity index is 847. The van der Waals surface area contributed by atoms with Crippen molar-refractivity contribution in [2.75, 3.05) is 4.90 Å². The molecule has 0 aliphatic rings. The molecule has 2 amide bonds. The Balaban J connectivity index is 2.69. The monoisotopic (exact) mass is 332 g/mol. The maximum absolute atomic E-state index is 11.8. The van der Waals surface area contributed by atoms with Gasteiger partial charge in [0.1, 0.15) is 16.8 Å². The minimum absolute atomic E-state index is 0.114. The number of anilines is 2. The molecule has 0 spiro atoms. The van der Waals surface area contributed by atoms with Crippen molar-refractivity contribution >= 4 is 34.7 Å². The Morgan fingerprint density at radius 2 is 2.00 bits per heavy atom. The molecular weight excluding hydrogens is 324 g/mol. The Hall–Kier alpha value is -3.31. The molecule has 0 bridgehead atoms. The van der Waals surface area contributed by atoms with E-state index in [0.29, 0.717) is 0 Å². The van der Waals surface area contributed by atoms with E-state index in [4.69, 9.17) is 22.6 Å². The highest BCUT2D eigenvalue weighted by molar-refractivity contribution is 6.33. The van der Waals surface area contributed by atoms with Crippen LogP contribution in [0.2, 0.25) is 5.02 Å². The summed E-state index contributed by atoms with van der Waals surface area (Å²) in [5.74, 6) is -0.576. The number of hydrogen-bond donors (Lipinski definition) is 2. The number of aromatic hydroxyl groups is 1. The Morgan fingerprint density at radius 3 is 2.57 bits per heavy atom. The molecule has 0 radical (unpaired) electrons. The molecule has 23 heavy (non-hydrogen) atoms. The van der Waals surface area contributed by atoms with E-state index in [9.17, 15) is 20.0 Å². The van der Waals surface area contributed by atoms with Crippen LogP contribution in [0.4, 0.5) is 21.9 Å². The number of nitro benzene ring substituents is 1. The number of nitro groups is 1. The van der Waals surface area contributed by atoms with Gasteiger partial charge in [-0.15, -0.1) is 0 Å². The number of nitriles is 1. The number of phenols is 1. The average molecular weight is 333 g/mol. The van der Waals surface area contributed by atoms with Gasteiger partial charge in [-0.25, -0.2) is 4.79 Å². The van der Waals surface area contributed by atoms with Crippen LogP contribution in [0.15, 0.2) is 36.4 Å². The van der Waals surface area contributed by atoms with Gasteiger partial charge in [0.15, 0.2) is 0 Å². The van der Waals surface area contributed by atoms with Crippen LogP contribution in [-0.2, 0) is 0 Å². The van der Waals surface area contributed by atoms with Crippen LogP contribution < -0.4 is 10.6 Å². The minimum Gasteiger partial charge on any atom is -0.505 e. The third-order valence-corrected chi connectivity index (χ3v) is 3.27. The number of carbonyl (C=O) groups is 1. The van der Waals surface area contributed by atoms with Gasteiger partial charge in [-0.05, 0) is 18.2 Å². The summed E-state index contributed by atoms with van der Waals surface area (Å²) in [6, 6.07) is 8.79. The van der Waals surface area contributed by atoms with Crippen LogP contribution >= 0.6 is 11.6 Å². The molecule has 8 nitrogen and oxygen atoms in total. The first-order valence-electron chi connectivity index (χ1n) is 6.12. The van der Waals surface area contributed by atoms with Crippen molar-refractivity contribution in [1.82, 2.24) is 0 Å². The summed E-state index contributed by atoms with van der Waals surface area (Å²) in [7, 11) is 0. The molecule has 9 heteroatoms. The van der Waals surface area contributed by atoms with E-state index in [-0.39, 0.29) is 22.0 Å². The highest BCUT2D eigenvalue weighted by Gasteiger charge is 2.25. The summed E-state index contributed by atoms with van der Waals surface area (Å²) in [6.45, 7) is 0. The Morgan fingerprint density at radius 1 is 1.35 bits per heavy atom. The molecule has 3 N–H and O–H groups in total. The maximum atomic E-state index is 11.8. The molecule has 0 aliphatic carbocycles. The van der Waals surface area contributed by atoms with E-state index < -0.39 is 22.4 Å². The summed E-state index contributed by atoms with van der Waals surface area (Å²) < 4.78 is 0. The van der Waals surface area contributed by atoms with Gasteiger partial charge in [0, 0.05) is 0 Å². The zero-order chi connectivity index (χ0) is 17.1. The summed E-state index contributed by atoms with van der Waals surface area (Å²) in [4.78, 5) is 22.7. The number of urea groups is 1. The van der Waals surface area contributed by atoms with Crippen molar-refractivity contribution < 1.29 is 14.8 Å². The minimum atomic E-state index is -0.993. The Kier molecular flexibility index (Phi) is 4.34. The van der Waals surface area contributed by atoms with Crippen LogP contribution in [0, 0.1) is 21.4 Å². The second-order valence-corrected chi connectivity index (χ2v) is 4.76. The second-order valence-electron chi connectivity index (χ2n) is 4.35. The number of phenolic OH excluding ortho intramolecular Hbond substituents is 1. The standard InChI is InChI=1S/C14H9ClN4O4/c15-9-5-12(13(20)6-11(9)19(22)23)18(14(17)21)10-4-2-1-3-8(10)7-16/h1-6,20H,(H2,17,21). The van der Waals surface area contributed by atoms with E-state index in [2.05, 4.69) is 0 Å². The van der Waals surface area contributed by atoms with Crippen LogP contribution in [0.5, 0.6) is 5.75 Å². The largest absolute Gasteiger partial charge is 0.505 e. The van der Waals surface area contributed by atoms with Gasteiger partial charge in [-0.3, -0.25) is 15.0 Å². The van der Waals surface area contributed by atoms with E-state index in [1.807, 2.05) is 6.07 Å². The molecule has 2 aromatic carbocycles. The molecular formula is C14H9ClN4O4. The van der Waals surface area contributed by atoms with Gasteiger partial charge >= 0.3 is 6.03 Å². The van der Waals surface area contributed by atoms with Crippen molar-refractivity contribution in [3.05, 3.63) is 57.1 Å². The molecule has 116 valence electrons. The summed E-state index contributed by atoms with van der Waals surface area (Å²) in [6.07, 6.45) is 0. The molecule has 0 heterocycles. The zero-order valence-corrected chi connectivity index (χ0v) is 12.2. The summed E-state index contributed by atoms with van der Waals surface area (Å²) >= 11 is 5.81. The molecule has 0 aromatic heterocycles. The van der Waals surface area contributed by atoms with E-state index in [1.54, 1.807) is 12.1 Å². The lowest BCUT2D eigenvalue weighted by Crippen LogP contribution is -2.32. The number of primary amides is 1. The predicted molar refractivity (Wildman–Crippen MR) is 82.7 cm³/mol. The van der Waals surface area contributed by atoms with Crippen molar-refractivity contribution in [1.29, 1.82) is 5.26 Å². The number of amides is 2. The lowest BCUT2D eigenvalue weighted by atomic mass is 10.1. The number of para-hydroxylation sites is 1. The first-order valence-corrected chi connectivity index (χ1v) is 6.50. The molecule has 0 aliphatic heterocycles. The number of hydrogen-bond acceptors (Lipinski definition) is 5. The molecule has 2 rings (SSSR count). The van der Waals surface area contributed by atoms with Gasteiger partial charge in [0.2, 0.25) is 0 Å². The lowest BCUT2D eigenvalue weighted by Gasteiger charge is -2.22. The molecule has 0 saturated carbocycles. The third-order valence-electron chi connectivity index (χ3n) is 2.97. The SMILES string of the molecule is N#Cc1ccccc1N(C(N)=O)c1cc(Cl)c([N+](=O)[O-])cc1O. The third kappa shape index (κ3) is 3.00. The number of rotatable bonds is 3. The fourth-order valence-electron chi connectivity index (χ4n) is 1.99. The number of nitrogens with zero attached hydrogens (tertiary/aromatic N) is 3. The number of nitrogens with two attached hydrogens (primary N) is 1. The smallest absolute Gasteiger partial charge is 0.324 e. The number of benzene rings is 2. The fourth-order valence-corrected chi connectivity index (χ4v) is 2.22.